The Bertz CT molecular complexity index is 807. The Balaban J connectivity index is 1.85. The maximum Gasteiger partial charge on any atom is 0.232 e. The van der Waals surface area contributed by atoms with Gasteiger partial charge < -0.3 is 19.7 Å². The molecule has 1 unspecified atom stereocenters. The second kappa shape index (κ2) is 10.5. The lowest BCUT2D eigenvalue weighted by atomic mass is 10.1. The molecule has 29 heavy (non-hydrogen) atoms. The second-order valence-electron chi connectivity index (χ2n) is 7.05. The molecule has 0 saturated carbocycles. The van der Waals surface area contributed by atoms with Gasteiger partial charge in [-0.15, -0.1) is 10.2 Å². The van der Waals surface area contributed by atoms with Crippen LogP contribution in [-0.4, -0.2) is 66.4 Å². The van der Waals surface area contributed by atoms with Gasteiger partial charge >= 0.3 is 0 Å². The van der Waals surface area contributed by atoms with E-state index in [1.807, 2.05) is 35.8 Å². The number of thioether (sulfide) groups is 1. The Hall–Kier alpha value is -2.26. The average Bonchev–Trinajstić information content (AvgIpc) is 3.16. The minimum atomic E-state index is -0.0614. The molecule has 2 heterocycles. The van der Waals surface area contributed by atoms with Crippen LogP contribution < -0.4 is 15.0 Å². The van der Waals surface area contributed by atoms with Crippen molar-refractivity contribution in [1.82, 2.24) is 20.1 Å². The summed E-state index contributed by atoms with van der Waals surface area (Å²) in [4.78, 5) is 14.6. The summed E-state index contributed by atoms with van der Waals surface area (Å²) in [7, 11) is 3.27. The molecular weight excluding hydrogens is 390 g/mol. The molecule has 1 aromatic heterocycles. The summed E-state index contributed by atoms with van der Waals surface area (Å²) in [5.41, 5.74) is 0.872. The lowest BCUT2D eigenvalue weighted by Gasteiger charge is -2.28. The number of hydrogen-bond donors (Lipinski definition) is 1. The smallest absolute Gasteiger partial charge is 0.232 e. The van der Waals surface area contributed by atoms with Gasteiger partial charge in [-0.05, 0) is 38.3 Å². The first-order valence-electron chi connectivity index (χ1n) is 9.89. The number of ether oxygens (including phenoxy) is 2. The Morgan fingerprint density at radius 3 is 2.69 bits per heavy atom. The van der Waals surface area contributed by atoms with Gasteiger partial charge in [0.15, 0.2) is 5.16 Å². The number of aromatic nitrogens is 3. The van der Waals surface area contributed by atoms with E-state index in [4.69, 9.17) is 9.47 Å². The average molecular weight is 420 g/mol. The number of carbonyl (C=O) groups is 1. The van der Waals surface area contributed by atoms with E-state index in [-0.39, 0.29) is 17.7 Å². The van der Waals surface area contributed by atoms with Crippen LogP contribution in [0.5, 0.6) is 5.75 Å². The van der Waals surface area contributed by atoms with E-state index < -0.39 is 0 Å². The standard InChI is InChI=1S/C20H29N5O3S/c1-15(13-27-2)21-18(26)14-29-20-23-22-19(24-11-7-4-8-12-24)25(20)16-9-5-6-10-17(16)28-3/h5-6,9-10,15H,4,7-8,11-14H2,1-3H3,(H,21,26). The molecule has 1 saturated heterocycles. The lowest BCUT2D eigenvalue weighted by Crippen LogP contribution is -2.36. The highest BCUT2D eigenvalue weighted by atomic mass is 32.2. The van der Waals surface area contributed by atoms with Crippen LogP contribution in [0.25, 0.3) is 5.69 Å². The van der Waals surface area contributed by atoms with Crippen LogP contribution in [-0.2, 0) is 9.53 Å². The van der Waals surface area contributed by atoms with Crippen molar-refractivity contribution in [3.63, 3.8) is 0 Å². The van der Waals surface area contributed by atoms with E-state index in [0.29, 0.717) is 11.8 Å². The molecule has 1 amide bonds. The van der Waals surface area contributed by atoms with Crippen molar-refractivity contribution in [3.8, 4) is 11.4 Å². The highest BCUT2D eigenvalue weighted by Crippen LogP contribution is 2.32. The number of amides is 1. The SMILES string of the molecule is COCC(C)NC(=O)CSc1nnc(N2CCCCC2)n1-c1ccccc1OC. The minimum Gasteiger partial charge on any atom is -0.495 e. The first-order valence-corrected chi connectivity index (χ1v) is 10.9. The molecule has 0 spiro atoms. The molecule has 3 rings (SSSR count). The summed E-state index contributed by atoms with van der Waals surface area (Å²) < 4.78 is 12.6. The van der Waals surface area contributed by atoms with Gasteiger partial charge in [-0.25, -0.2) is 0 Å². The van der Waals surface area contributed by atoms with Crippen molar-refractivity contribution in [2.75, 3.05) is 44.6 Å². The summed E-state index contributed by atoms with van der Waals surface area (Å²) in [5, 5.41) is 12.5. The normalized spacial score (nSPS) is 15.2. The Kier molecular flexibility index (Phi) is 7.76. The number of para-hydroxylation sites is 2. The van der Waals surface area contributed by atoms with Crippen LogP contribution in [0.1, 0.15) is 26.2 Å². The predicted molar refractivity (Wildman–Crippen MR) is 114 cm³/mol. The molecule has 9 heteroatoms. The number of piperidine rings is 1. The van der Waals surface area contributed by atoms with Crippen LogP contribution in [0.3, 0.4) is 0 Å². The summed E-state index contributed by atoms with van der Waals surface area (Å²) in [6.07, 6.45) is 3.52. The zero-order valence-electron chi connectivity index (χ0n) is 17.3. The third-order valence-electron chi connectivity index (χ3n) is 4.74. The molecule has 8 nitrogen and oxygen atoms in total. The topological polar surface area (TPSA) is 81.5 Å². The molecule has 158 valence electrons. The second-order valence-corrected chi connectivity index (χ2v) is 7.99. The summed E-state index contributed by atoms with van der Waals surface area (Å²) >= 11 is 1.37. The first-order chi connectivity index (χ1) is 14.1. The van der Waals surface area contributed by atoms with Crippen LogP contribution in [0, 0.1) is 0 Å². The molecular formula is C20H29N5O3S. The molecule has 0 aliphatic carbocycles. The van der Waals surface area contributed by atoms with Crippen LogP contribution in [0.4, 0.5) is 5.95 Å². The Labute approximate surface area is 176 Å². The van der Waals surface area contributed by atoms with E-state index >= 15 is 0 Å². The molecule has 1 aliphatic heterocycles. The van der Waals surface area contributed by atoms with E-state index in [1.54, 1.807) is 14.2 Å². The van der Waals surface area contributed by atoms with Crippen molar-refractivity contribution in [2.45, 2.75) is 37.4 Å². The fraction of sp³-hybridized carbons (Fsp3) is 0.550. The summed E-state index contributed by atoms with van der Waals surface area (Å²) in [5.74, 6) is 1.73. The van der Waals surface area contributed by atoms with Gasteiger partial charge in [-0.3, -0.25) is 9.36 Å². The van der Waals surface area contributed by atoms with E-state index in [0.717, 1.165) is 43.3 Å². The number of carbonyl (C=O) groups excluding carboxylic acids is 1. The zero-order valence-corrected chi connectivity index (χ0v) is 18.1. The van der Waals surface area contributed by atoms with E-state index in [2.05, 4.69) is 20.4 Å². The fourth-order valence-electron chi connectivity index (χ4n) is 3.42. The Morgan fingerprint density at radius 2 is 1.97 bits per heavy atom. The van der Waals surface area contributed by atoms with Crippen LogP contribution >= 0.6 is 11.8 Å². The summed E-state index contributed by atoms with van der Waals surface area (Å²) in [6, 6.07) is 7.77. The number of nitrogens with one attached hydrogen (secondary N) is 1. The maximum absolute atomic E-state index is 12.3. The van der Waals surface area contributed by atoms with Gasteiger partial charge in [0.2, 0.25) is 11.9 Å². The molecule has 1 N–H and O–H groups in total. The molecule has 1 atom stereocenters. The minimum absolute atomic E-state index is 0.0379. The lowest BCUT2D eigenvalue weighted by molar-refractivity contribution is -0.119. The predicted octanol–water partition coefficient (Wildman–Crippen LogP) is 2.51. The van der Waals surface area contributed by atoms with Crippen molar-refractivity contribution < 1.29 is 14.3 Å². The van der Waals surface area contributed by atoms with E-state index in [1.165, 1.54) is 18.2 Å². The number of anilines is 1. The largest absolute Gasteiger partial charge is 0.495 e. The number of benzene rings is 1. The van der Waals surface area contributed by atoms with Gasteiger partial charge in [0, 0.05) is 26.2 Å². The molecule has 1 fully saturated rings. The quantitative estimate of drug-likeness (QED) is 0.626. The third-order valence-corrected chi connectivity index (χ3v) is 5.67. The summed E-state index contributed by atoms with van der Waals surface area (Å²) in [6.45, 7) is 4.30. The fourth-order valence-corrected chi connectivity index (χ4v) is 4.17. The van der Waals surface area contributed by atoms with Crippen molar-refractivity contribution in [3.05, 3.63) is 24.3 Å². The van der Waals surface area contributed by atoms with Crippen molar-refractivity contribution in [2.24, 2.45) is 0 Å². The number of nitrogens with zero attached hydrogens (tertiary/aromatic N) is 4. The van der Waals surface area contributed by atoms with Gasteiger partial charge in [-0.2, -0.15) is 0 Å². The highest BCUT2D eigenvalue weighted by Gasteiger charge is 2.23. The van der Waals surface area contributed by atoms with Crippen LogP contribution in [0.2, 0.25) is 0 Å². The number of rotatable bonds is 9. The third kappa shape index (κ3) is 5.42. The van der Waals surface area contributed by atoms with Crippen molar-refractivity contribution in [1.29, 1.82) is 0 Å². The first kappa shape index (κ1) is 21.4. The van der Waals surface area contributed by atoms with Gasteiger partial charge in [-0.1, -0.05) is 23.9 Å². The Morgan fingerprint density at radius 1 is 1.21 bits per heavy atom. The van der Waals surface area contributed by atoms with Gasteiger partial charge in [0.25, 0.3) is 0 Å². The molecule has 2 aromatic rings. The number of hydrogen-bond acceptors (Lipinski definition) is 7. The van der Waals surface area contributed by atoms with Crippen molar-refractivity contribution >= 4 is 23.6 Å². The monoisotopic (exact) mass is 419 g/mol. The molecule has 1 aromatic carbocycles. The van der Waals surface area contributed by atoms with Gasteiger partial charge in [0.05, 0.1) is 25.2 Å². The zero-order chi connectivity index (χ0) is 20.6. The highest BCUT2D eigenvalue weighted by molar-refractivity contribution is 7.99. The molecule has 0 bridgehead atoms. The van der Waals surface area contributed by atoms with E-state index in [9.17, 15) is 4.79 Å². The molecule has 1 aliphatic rings. The molecule has 0 radical (unpaired) electrons. The van der Waals surface area contributed by atoms with Gasteiger partial charge in [0.1, 0.15) is 5.75 Å². The number of methoxy groups -OCH3 is 2. The van der Waals surface area contributed by atoms with Crippen LogP contribution in [0.15, 0.2) is 29.4 Å². The maximum atomic E-state index is 12.3.